The van der Waals surface area contributed by atoms with E-state index in [-0.39, 0.29) is 0 Å². The third kappa shape index (κ3) is 2.27. The summed E-state index contributed by atoms with van der Waals surface area (Å²) in [7, 11) is 1.87. The molecule has 1 N–H and O–H groups in total. The fourth-order valence-corrected chi connectivity index (χ4v) is 3.26. The summed E-state index contributed by atoms with van der Waals surface area (Å²) in [6.45, 7) is 3.49. The molecule has 1 aliphatic heterocycles. The molecule has 0 aromatic carbocycles. The summed E-state index contributed by atoms with van der Waals surface area (Å²) < 4.78 is 0. The second kappa shape index (κ2) is 4.61. The third-order valence-corrected chi connectivity index (χ3v) is 4.15. The molecule has 1 saturated carbocycles. The number of rotatable bonds is 3. The summed E-state index contributed by atoms with van der Waals surface area (Å²) in [5.41, 5.74) is 1.09. The van der Waals surface area contributed by atoms with Crippen molar-refractivity contribution in [3.05, 3.63) is 18.1 Å². The van der Waals surface area contributed by atoms with E-state index in [9.17, 15) is 0 Å². The van der Waals surface area contributed by atoms with Crippen molar-refractivity contribution in [1.82, 2.24) is 14.9 Å². The Hall–Kier alpha value is -1.16. The van der Waals surface area contributed by atoms with E-state index >= 15 is 0 Å². The van der Waals surface area contributed by atoms with Crippen LogP contribution in [0.1, 0.15) is 25.0 Å². The second-order valence-corrected chi connectivity index (χ2v) is 5.29. The topological polar surface area (TPSA) is 41.1 Å². The minimum absolute atomic E-state index is 0.840. The van der Waals surface area contributed by atoms with Gasteiger partial charge in [-0.3, -0.25) is 9.88 Å². The Balaban J connectivity index is 1.59. The molecule has 0 amide bonds. The number of anilines is 1. The molecular weight excluding hydrogens is 212 g/mol. The standard InChI is InChI=1S/C13H20N4/c1-14-13-6-15-12(5-16-13)9-17-7-10-3-2-4-11(10)8-17/h5-6,10-11H,2-4,7-9H2,1H3,(H,14,16). The molecular formula is C13H20N4. The van der Waals surface area contributed by atoms with Gasteiger partial charge >= 0.3 is 0 Å². The fourth-order valence-electron chi connectivity index (χ4n) is 3.26. The highest BCUT2D eigenvalue weighted by molar-refractivity contribution is 5.29. The molecule has 17 heavy (non-hydrogen) atoms. The molecule has 2 unspecified atom stereocenters. The third-order valence-electron chi connectivity index (χ3n) is 4.15. The van der Waals surface area contributed by atoms with Gasteiger partial charge in [-0.05, 0) is 24.7 Å². The first-order valence-electron chi connectivity index (χ1n) is 6.56. The van der Waals surface area contributed by atoms with Crippen LogP contribution in [0.25, 0.3) is 0 Å². The molecule has 0 bridgehead atoms. The average Bonchev–Trinajstić information content (AvgIpc) is 2.90. The first-order valence-corrected chi connectivity index (χ1v) is 6.56. The first-order chi connectivity index (χ1) is 8.35. The van der Waals surface area contributed by atoms with Crippen molar-refractivity contribution < 1.29 is 0 Å². The SMILES string of the molecule is CNc1cnc(CN2CC3CCCC3C2)cn1. The van der Waals surface area contributed by atoms with Gasteiger partial charge in [0.25, 0.3) is 0 Å². The molecule has 0 radical (unpaired) electrons. The molecule has 2 heterocycles. The molecule has 0 spiro atoms. The van der Waals surface area contributed by atoms with Gasteiger partial charge in [-0.2, -0.15) is 0 Å². The minimum Gasteiger partial charge on any atom is -0.372 e. The van der Waals surface area contributed by atoms with E-state index in [0.29, 0.717) is 0 Å². The van der Waals surface area contributed by atoms with Gasteiger partial charge in [-0.1, -0.05) is 6.42 Å². The van der Waals surface area contributed by atoms with Crippen LogP contribution in [0.2, 0.25) is 0 Å². The first kappa shape index (κ1) is 11.0. The Morgan fingerprint density at radius 3 is 2.59 bits per heavy atom. The highest BCUT2D eigenvalue weighted by Gasteiger charge is 2.35. The Morgan fingerprint density at radius 2 is 2.00 bits per heavy atom. The van der Waals surface area contributed by atoms with Crippen molar-refractivity contribution in [2.45, 2.75) is 25.8 Å². The average molecular weight is 232 g/mol. The van der Waals surface area contributed by atoms with Crippen LogP contribution in [-0.2, 0) is 6.54 Å². The van der Waals surface area contributed by atoms with Crippen molar-refractivity contribution in [3.63, 3.8) is 0 Å². The van der Waals surface area contributed by atoms with Crippen LogP contribution >= 0.6 is 0 Å². The van der Waals surface area contributed by atoms with Crippen LogP contribution in [0.15, 0.2) is 12.4 Å². The Labute approximate surface area is 102 Å². The smallest absolute Gasteiger partial charge is 0.144 e. The Bertz CT molecular complexity index is 364. The van der Waals surface area contributed by atoms with Gasteiger partial charge in [0.05, 0.1) is 18.1 Å². The lowest BCUT2D eigenvalue weighted by atomic mass is 10.0. The van der Waals surface area contributed by atoms with Crippen LogP contribution in [0, 0.1) is 11.8 Å². The summed E-state index contributed by atoms with van der Waals surface area (Å²) in [6.07, 6.45) is 8.02. The van der Waals surface area contributed by atoms with Gasteiger partial charge < -0.3 is 5.32 Å². The van der Waals surface area contributed by atoms with E-state index in [1.165, 1.54) is 32.4 Å². The van der Waals surface area contributed by atoms with Crippen LogP contribution in [0.4, 0.5) is 5.82 Å². The second-order valence-electron chi connectivity index (χ2n) is 5.29. The van der Waals surface area contributed by atoms with Crippen molar-refractivity contribution >= 4 is 5.82 Å². The zero-order valence-corrected chi connectivity index (χ0v) is 10.4. The molecule has 2 aliphatic rings. The lowest BCUT2D eigenvalue weighted by molar-refractivity contribution is 0.299. The van der Waals surface area contributed by atoms with Crippen molar-refractivity contribution in [2.24, 2.45) is 11.8 Å². The van der Waals surface area contributed by atoms with Crippen LogP contribution in [-0.4, -0.2) is 35.0 Å². The molecule has 3 rings (SSSR count). The number of hydrogen-bond donors (Lipinski definition) is 1. The van der Waals surface area contributed by atoms with E-state index in [2.05, 4.69) is 20.2 Å². The van der Waals surface area contributed by atoms with Gasteiger partial charge in [0.15, 0.2) is 0 Å². The maximum absolute atomic E-state index is 4.44. The minimum atomic E-state index is 0.840. The summed E-state index contributed by atoms with van der Waals surface area (Å²) >= 11 is 0. The molecule has 4 heteroatoms. The van der Waals surface area contributed by atoms with Crippen molar-refractivity contribution in [3.8, 4) is 0 Å². The molecule has 1 saturated heterocycles. The molecule has 92 valence electrons. The lowest BCUT2D eigenvalue weighted by Gasteiger charge is -2.15. The predicted octanol–water partition coefficient (Wildman–Crippen LogP) is 1.75. The van der Waals surface area contributed by atoms with Gasteiger partial charge in [0.2, 0.25) is 0 Å². The largest absolute Gasteiger partial charge is 0.372 e. The van der Waals surface area contributed by atoms with Gasteiger partial charge in [-0.15, -0.1) is 0 Å². The van der Waals surface area contributed by atoms with Crippen molar-refractivity contribution in [1.29, 1.82) is 0 Å². The molecule has 1 aromatic heterocycles. The number of hydrogen-bond acceptors (Lipinski definition) is 4. The highest BCUT2D eigenvalue weighted by Crippen LogP contribution is 2.37. The quantitative estimate of drug-likeness (QED) is 0.862. The number of fused-ring (bicyclic) bond motifs is 1. The highest BCUT2D eigenvalue weighted by atomic mass is 15.2. The van der Waals surface area contributed by atoms with Gasteiger partial charge in [0.1, 0.15) is 5.82 Å². The number of likely N-dealkylation sites (tertiary alicyclic amines) is 1. The molecule has 1 aliphatic carbocycles. The Morgan fingerprint density at radius 1 is 1.24 bits per heavy atom. The molecule has 4 nitrogen and oxygen atoms in total. The maximum atomic E-state index is 4.44. The molecule has 2 atom stereocenters. The summed E-state index contributed by atoms with van der Waals surface area (Å²) in [5.74, 6) is 2.76. The number of aromatic nitrogens is 2. The van der Waals surface area contributed by atoms with Gasteiger partial charge in [-0.25, -0.2) is 4.98 Å². The zero-order chi connectivity index (χ0) is 11.7. The summed E-state index contributed by atoms with van der Waals surface area (Å²) in [5, 5.41) is 2.99. The normalized spacial score (nSPS) is 28.3. The molecule has 1 aromatic rings. The van der Waals surface area contributed by atoms with Crippen molar-refractivity contribution in [2.75, 3.05) is 25.5 Å². The summed E-state index contributed by atoms with van der Waals surface area (Å²) in [6, 6.07) is 0. The molecule has 2 fully saturated rings. The van der Waals surface area contributed by atoms with Gasteiger partial charge in [0, 0.05) is 26.7 Å². The number of nitrogens with zero attached hydrogens (tertiary/aromatic N) is 3. The predicted molar refractivity (Wildman–Crippen MR) is 67.7 cm³/mol. The monoisotopic (exact) mass is 232 g/mol. The Kier molecular flexibility index (Phi) is 2.97. The summed E-state index contributed by atoms with van der Waals surface area (Å²) in [4.78, 5) is 11.3. The lowest BCUT2D eigenvalue weighted by Crippen LogP contribution is -2.21. The van der Waals surface area contributed by atoms with Crippen LogP contribution < -0.4 is 5.32 Å². The van der Waals surface area contributed by atoms with E-state index < -0.39 is 0 Å². The van der Waals surface area contributed by atoms with E-state index in [1.807, 2.05) is 19.4 Å². The van der Waals surface area contributed by atoms with E-state index in [0.717, 1.165) is 29.9 Å². The number of nitrogens with one attached hydrogen (secondary N) is 1. The maximum Gasteiger partial charge on any atom is 0.144 e. The van der Waals surface area contributed by atoms with Crippen LogP contribution in [0.5, 0.6) is 0 Å². The van der Waals surface area contributed by atoms with E-state index in [1.54, 1.807) is 0 Å². The zero-order valence-electron chi connectivity index (χ0n) is 10.4. The van der Waals surface area contributed by atoms with E-state index in [4.69, 9.17) is 0 Å². The van der Waals surface area contributed by atoms with Crippen LogP contribution in [0.3, 0.4) is 0 Å². The fraction of sp³-hybridized carbons (Fsp3) is 0.692.